The highest BCUT2D eigenvalue weighted by atomic mass is 16.2. The van der Waals surface area contributed by atoms with E-state index >= 15 is 0 Å². The van der Waals surface area contributed by atoms with Gasteiger partial charge in [0.05, 0.1) is 0 Å². The Morgan fingerprint density at radius 2 is 1.94 bits per heavy atom. The van der Waals surface area contributed by atoms with Crippen molar-refractivity contribution in [2.45, 2.75) is 26.8 Å². The van der Waals surface area contributed by atoms with Crippen molar-refractivity contribution in [2.75, 3.05) is 13.6 Å². The van der Waals surface area contributed by atoms with Crippen LogP contribution in [0.1, 0.15) is 36.2 Å². The van der Waals surface area contributed by atoms with E-state index in [4.69, 9.17) is 5.73 Å². The van der Waals surface area contributed by atoms with Gasteiger partial charge >= 0.3 is 0 Å². The molecule has 0 aromatic heterocycles. The molecule has 0 radical (unpaired) electrons. The molecule has 1 unspecified atom stereocenters. The molecule has 1 aromatic rings. The van der Waals surface area contributed by atoms with Crippen molar-refractivity contribution in [1.82, 2.24) is 4.90 Å². The summed E-state index contributed by atoms with van der Waals surface area (Å²) >= 11 is 0. The summed E-state index contributed by atoms with van der Waals surface area (Å²) in [5.41, 5.74) is 7.30. The summed E-state index contributed by atoms with van der Waals surface area (Å²) in [6.45, 7) is 5.60. The van der Waals surface area contributed by atoms with E-state index in [9.17, 15) is 4.79 Å². The summed E-state index contributed by atoms with van der Waals surface area (Å²) < 4.78 is 0. The number of carbonyl (C=O) groups is 1. The molecule has 0 fully saturated rings. The van der Waals surface area contributed by atoms with Gasteiger partial charge in [-0.3, -0.25) is 4.79 Å². The van der Waals surface area contributed by atoms with Gasteiger partial charge in [0.25, 0.3) is 5.91 Å². The highest BCUT2D eigenvalue weighted by Crippen LogP contribution is 2.09. The maximum atomic E-state index is 12.1. The number of benzene rings is 1. The molecule has 3 nitrogen and oxygen atoms in total. The van der Waals surface area contributed by atoms with Gasteiger partial charge in [0, 0.05) is 25.7 Å². The fraction of sp³-hybridized carbons (Fsp3) is 0.500. The Balaban J connectivity index is 2.67. The number of carbonyl (C=O) groups excluding carboxylic acids is 1. The SMILES string of the molecule is CCC(C)CN(C)C(=O)c1ccc(CN)cc1. The Morgan fingerprint density at radius 1 is 1.35 bits per heavy atom. The van der Waals surface area contributed by atoms with Gasteiger partial charge in [0.15, 0.2) is 0 Å². The average molecular weight is 234 g/mol. The molecule has 1 rings (SSSR count). The van der Waals surface area contributed by atoms with Crippen molar-refractivity contribution >= 4 is 5.91 Å². The number of hydrogen-bond acceptors (Lipinski definition) is 2. The molecule has 1 amide bonds. The number of nitrogens with zero attached hydrogens (tertiary/aromatic N) is 1. The Labute approximate surface area is 104 Å². The van der Waals surface area contributed by atoms with E-state index in [2.05, 4.69) is 13.8 Å². The second-order valence-electron chi connectivity index (χ2n) is 4.60. The first kappa shape index (κ1) is 13.7. The van der Waals surface area contributed by atoms with E-state index in [1.54, 1.807) is 4.90 Å². The van der Waals surface area contributed by atoms with Gasteiger partial charge < -0.3 is 10.6 Å². The molecule has 0 heterocycles. The fourth-order valence-electron chi connectivity index (χ4n) is 1.68. The van der Waals surface area contributed by atoms with Crippen molar-refractivity contribution in [3.63, 3.8) is 0 Å². The van der Waals surface area contributed by atoms with E-state index in [-0.39, 0.29) is 5.91 Å². The average Bonchev–Trinajstić information content (AvgIpc) is 2.37. The molecule has 17 heavy (non-hydrogen) atoms. The maximum absolute atomic E-state index is 12.1. The van der Waals surface area contributed by atoms with Crippen LogP contribution in [-0.2, 0) is 6.54 Å². The lowest BCUT2D eigenvalue weighted by atomic mass is 10.1. The lowest BCUT2D eigenvalue weighted by Crippen LogP contribution is -2.30. The molecule has 0 saturated heterocycles. The zero-order valence-corrected chi connectivity index (χ0v) is 10.9. The molecule has 1 atom stereocenters. The first-order valence-corrected chi connectivity index (χ1v) is 6.13. The van der Waals surface area contributed by atoms with Crippen LogP contribution in [0.2, 0.25) is 0 Å². The molecule has 2 N–H and O–H groups in total. The highest BCUT2D eigenvalue weighted by Gasteiger charge is 2.13. The van der Waals surface area contributed by atoms with Crippen LogP contribution < -0.4 is 5.73 Å². The highest BCUT2D eigenvalue weighted by molar-refractivity contribution is 5.94. The Bertz CT molecular complexity index is 359. The second kappa shape index (κ2) is 6.40. The molecule has 0 saturated carbocycles. The molecule has 1 aromatic carbocycles. The third-order valence-electron chi connectivity index (χ3n) is 3.07. The summed E-state index contributed by atoms with van der Waals surface area (Å²) in [7, 11) is 1.85. The van der Waals surface area contributed by atoms with E-state index in [0.29, 0.717) is 12.5 Å². The molecule has 0 aliphatic heterocycles. The number of hydrogen-bond donors (Lipinski definition) is 1. The molecule has 0 aliphatic carbocycles. The van der Waals surface area contributed by atoms with E-state index in [1.807, 2.05) is 31.3 Å². The predicted molar refractivity (Wildman–Crippen MR) is 70.7 cm³/mol. The minimum Gasteiger partial charge on any atom is -0.341 e. The minimum atomic E-state index is 0.0777. The van der Waals surface area contributed by atoms with Crippen LogP contribution >= 0.6 is 0 Å². The molecule has 94 valence electrons. The topological polar surface area (TPSA) is 46.3 Å². The van der Waals surface area contributed by atoms with E-state index < -0.39 is 0 Å². The summed E-state index contributed by atoms with van der Waals surface area (Å²) in [6.07, 6.45) is 1.09. The third-order valence-corrected chi connectivity index (χ3v) is 3.07. The number of nitrogens with two attached hydrogens (primary N) is 1. The van der Waals surface area contributed by atoms with Crippen molar-refractivity contribution < 1.29 is 4.79 Å². The Hall–Kier alpha value is -1.35. The number of rotatable bonds is 5. The molecule has 0 aliphatic rings. The molecule has 3 heteroatoms. The van der Waals surface area contributed by atoms with Crippen LogP contribution in [0.3, 0.4) is 0 Å². The fourth-order valence-corrected chi connectivity index (χ4v) is 1.68. The standard InChI is InChI=1S/C14H22N2O/c1-4-11(2)10-16(3)14(17)13-7-5-12(9-15)6-8-13/h5-8,11H,4,9-10,15H2,1-3H3. The second-order valence-corrected chi connectivity index (χ2v) is 4.60. The number of amides is 1. The van der Waals surface area contributed by atoms with Gasteiger partial charge in [-0.05, 0) is 23.6 Å². The first-order valence-electron chi connectivity index (χ1n) is 6.13. The largest absolute Gasteiger partial charge is 0.341 e. The maximum Gasteiger partial charge on any atom is 0.253 e. The zero-order chi connectivity index (χ0) is 12.8. The first-order chi connectivity index (χ1) is 8.08. The molecule has 0 bridgehead atoms. The van der Waals surface area contributed by atoms with Crippen LogP contribution in [0.25, 0.3) is 0 Å². The van der Waals surface area contributed by atoms with Crippen LogP contribution in [-0.4, -0.2) is 24.4 Å². The van der Waals surface area contributed by atoms with Gasteiger partial charge in [0.2, 0.25) is 0 Å². The lowest BCUT2D eigenvalue weighted by molar-refractivity contribution is 0.0775. The van der Waals surface area contributed by atoms with Crippen LogP contribution in [0.5, 0.6) is 0 Å². The zero-order valence-electron chi connectivity index (χ0n) is 10.9. The predicted octanol–water partition coefficient (Wildman–Crippen LogP) is 2.26. The third kappa shape index (κ3) is 3.86. The van der Waals surface area contributed by atoms with E-state index in [1.165, 1.54) is 0 Å². The van der Waals surface area contributed by atoms with Crippen LogP contribution in [0.4, 0.5) is 0 Å². The summed E-state index contributed by atoms with van der Waals surface area (Å²) in [5.74, 6) is 0.612. The van der Waals surface area contributed by atoms with Crippen LogP contribution in [0.15, 0.2) is 24.3 Å². The van der Waals surface area contributed by atoms with Gasteiger partial charge in [-0.1, -0.05) is 32.4 Å². The molecule has 0 spiro atoms. The minimum absolute atomic E-state index is 0.0777. The van der Waals surface area contributed by atoms with Crippen molar-refractivity contribution in [1.29, 1.82) is 0 Å². The summed E-state index contributed by atoms with van der Waals surface area (Å²) in [6, 6.07) is 7.50. The van der Waals surface area contributed by atoms with E-state index in [0.717, 1.165) is 24.1 Å². The van der Waals surface area contributed by atoms with Gasteiger partial charge in [-0.25, -0.2) is 0 Å². The Kier molecular flexibility index (Phi) is 5.16. The smallest absolute Gasteiger partial charge is 0.253 e. The molecular weight excluding hydrogens is 212 g/mol. The molecular formula is C14H22N2O. The monoisotopic (exact) mass is 234 g/mol. The normalized spacial score (nSPS) is 12.2. The van der Waals surface area contributed by atoms with Crippen molar-refractivity contribution in [3.05, 3.63) is 35.4 Å². The summed E-state index contributed by atoms with van der Waals surface area (Å²) in [5, 5.41) is 0. The van der Waals surface area contributed by atoms with Gasteiger partial charge in [-0.15, -0.1) is 0 Å². The van der Waals surface area contributed by atoms with Gasteiger partial charge in [-0.2, -0.15) is 0 Å². The van der Waals surface area contributed by atoms with Crippen molar-refractivity contribution in [2.24, 2.45) is 11.7 Å². The lowest BCUT2D eigenvalue weighted by Gasteiger charge is -2.20. The summed E-state index contributed by atoms with van der Waals surface area (Å²) in [4.78, 5) is 13.9. The van der Waals surface area contributed by atoms with Crippen LogP contribution in [0, 0.1) is 5.92 Å². The quantitative estimate of drug-likeness (QED) is 0.849. The van der Waals surface area contributed by atoms with Gasteiger partial charge in [0.1, 0.15) is 0 Å². The van der Waals surface area contributed by atoms with Crippen molar-refractivity contribution in [3.8, 4) is 0 Å². The Morgan fingerprint density at radius 3 is 2.41 bits per heavy atom.